The van der Waals surface area contributed by atoms with E-state index in [4.69, 9.17) is 4.74 Å². The molecule has 2 heterocycles. The third-order valence-corrected chi connectivity index (χ3v) is 5.70. The van der Waals surface area contributed by atoms with E-state index in [1.807, 2.05) is 27.7 Å². The molecule has 3 rings (SSSR count). The topological polar surface area (TPSA) is 60.7 Å². The Bertz CT molecular complexity index is 776. The highest BCUT2D eigenvalue weighted by atomic mass is 32.1. The second kappa shape index (κ2) is 6.31. The SMILES string of the molecule is Cc1c(C(=O)OC2CCCCC2)sc2nc(C(C)(C)C)c(C=O)n12. The maximum Gasteiger partial charge on any atom is 0.350 e. The lowest BCUT2D eigenvalue weighted by Crippen LogP contribution is -2.21. The van der Waals surface area contributed by atoms with Gasteiger partial charge in [-0.05, 0) is 32.6 Å². The Kier molecular flexibility index (Phi) is 4.51. The first-order chi connectivity index (χ1) is 11.3. The van der Waals surface area contributed by atoms with E-state index < -0.39 is 0 Å². The van der Waals surface area contributed by atoms with Crippen molar-refractivity contribution in [2.45, 2.75) is 71.3 Å². The fraction of sp³-hybridized carbons (Fsp3) is 0.611. The van der Waals surface area contributed by atoms with Crippen molar-refractivity contribution >= 4 is 28.6 Å². The summed E-state index contributed by atoms with van der Waals surface area (Å²) in [4.78, 5) is 30.0. The van der Waals surface area contributed by atoms with Crippen LogP contribution < -0.4 is 0 Å². The number of carbonyl (C=O) groups is 2. The van der Waals surface area contributed by atoms with Gasteiger partial charge in [0.1, 0.15) is 16.7 Å². The summed E-state index contributed by atoms with van der Waals surface area (Å²) in [6.45, 7) is 7.93. The number of nitrogens with zero attached hydrogens (tertiary/aromatic N) is 2. The largest absolute Gasteiger partial charge is 0.458 e. The van der Waals surface area contributed by atoms with Crippen molar-refractivity contribution in [2.75, 3.05) is 0 Å². The van der Waals surface area contributed by atoms with E-state index in [9.17, 15) is 9.59 Å². The molecule has 0 aromatic carbocycles. The highest BCUT2D eigenvalue weighted by Crippen LogP contribution is 2.32. The summed E-state index contributed by atoms with van der Waals surface area (Å²) in [6, 6.07) is 0. The number of rotatable bonds is 3. The molecule has 5 nitrogen and oxygen atoms in total. The van der Waals surface area contributed by atoms with E-state index in [0.29, 0.717) is 15.5 Å². The van der Waals surface area contributed by atoms with E-state index in [0.717, 1.165) is 43.4 Å². The molecule has 0 atom stereocenters. The Morgan fingerprint density at radius 2 is 1.96 bits per heavy atom. The standard InChI is InChI=1S/C18H24N2O3S/c1-11-14(16(22)23-12-8-6-5-7-9-12)24-17-19-15(18(2,3)4)13(10-21)20(11)17/h10,12H,5-9H2,1-4H3. The molecule has 1 aliphatic carbocycles. The number of carbonyl (C=O) groups excluding carboxylic acids is 2. The molecule has 1 aliphatic rings. The van der Waals surface area contributed by atoms with E-state index in [2.05, 4.69) is 4.98 Å². The van der Waals surface area contributed by atoms with Gasteiger partial charge in [-0.3, -0.25) is 9.20 Å². The molecule has 1 saturated carbocycles. The summed E-state index contributed by atoms with van der Waals surface area (Å²) in [6.07, 6.45) is 6.21. The van der Waals surface area contributed by atoms with Crippen LogP contribution in [0.25, 0.3) is 4.96 Å². The zero-order chi connectivity index (χ0) is 17.5. The summed E-state index contributed by atoms with van der Waals surface area (Å²) < 4.78 is 7.46. The van der Waals surface area contributed by atoms with Crippen molar-refractivity contribution < 1.29 is 14.3 Å². The first-order valence-electron chi connectivity index (χ1n) is 8.51. The minimum absolute atomic E-state index is 0.0238. The van der Waals surface area contributed by atoms with Crippen molar-refractivity contribution in [1.82, 2.24) is 9.38 Å². The van der Waals surface area contributed by atoms with Gasteiger partial charge in [0, 0.05) is 11.1 Å². The monoisotopic (exact) mass is 348 g/mol. The van der Waals surface area contributed by atoms with Crippen LogP contribution in [0.1, 0.15) is 84.4 Å². The molecule has 2 aromatic rings. The number of imidazole rings is 1. The van der Waals surface area contributed by atoms with Gasteiger partial charge in [0.25, 0.3) is 0 Å². The van der Waals surface area contributed by atoms with Crippen LogP contribution in [0.15, 0.2) is 0 Å². The highest BCUT2D eigenvalue weighted by molar-refractivity contribution is 7.19. The first kappa shape index (κ1) is 17.1. The second-order valence-electron chi connectivity index (χ2n) is 7.51. The lowest BCUT2D eigenvalue weighted by Gasteiger charge is -2.21. The van der Waals surface area contributed by atoms with Crippen molar-refractivity contribution in [1.29, 1.82) is 0 Å². The molecule has 1 fully saturated rings. The molecular weight excluding hydrogens is 324 g/mol. The molecule has 0 bridgehead atoms. The average molecular weight is 348 g/mol. The van der Waals surface area contributed by atoms with Gasteiger partial charge < -0.3 is 4.74 Å². The van der Waals surface area contributed by atoms with Gasteiger partial charge in [-0.2, -0.15) is 0 Å². The van der Waals surface area contributed by atoms with E-state index >= 15 is 0 Å². The number of aryl methyl sites for hydroxylation is 1. The highest BCUT2D eigenvalue weighted by Gasteiger charge is 2.29. The molecular formula is C18H24N2O3S. The quantitative estimate of drug-likeness (QED) is 0.613. The predicted molar refractivity (Wildman–Crippen MR) is 94.2 cm³/mol. The molecule has 6 heteroatoms. The molecule has 0 aliphatic heterocycles. The van der Waals surface area contributed by atoms with Crippen molar-refractivity contribution in [3.63, 3.8) is 0 Å². The number of fused-ring (bicyclic) bond motifs is 1. The second-order valence-corrected chi connectivity index (χ2v) is 8.49. The molecule has 0 N–H and O–H groups in total. The Balaban J connectivity index is 1.95. The van der Waals surface area contributed by atoms with Crippen LogP contribution in [-0.2, 0) is 10.2 Å². The van der Waals surface area contributed by atoms with Gasteiger partial charge in [-0.25, -0.2) is 9.78 Å². The van der Waals surface area contributed by atoms with Gasteiger partial charge in [0.2, 0.25) is 0 Å². The maximum atomic E-state index is 12.5. The van der Waals surface area contributed by atoms with Gasteiger partial charge in [-0.1, -0.05) is 38.5 Å². The molecule has 24 heavy (non-hydrogen) atoms. The van der Waals surface area contributed by atoms with Crippen molar-refractivity contribution in [3.8, 4) is 0 Å². The summed E-state index contributed by atoms with van der Waals surface area (Å²) >= 11 is 1.31. The summed E-state index contributed by atoms with van der Waals surface area (Å²) in [5, 5.41) is 0. The fourth-order valence-electron chi connectivity index (χ4n) is 3.31. The molecule has 0 radical (unpaired) electrons. The van der Waals surface area contributed by atoms with Crippen LogP contribution in [0.4, 0.5) is 0 Å². The number of hydrogen-bond acceptors (Lipinski definition) is 5. The van der Waals surface area contributed by atoms with Gasteiger partial charge in [0.15, 0.2) is 11.2 Å². The van der Waals surface area contributed by atoms with E-state index in [1.165, 1.54) is 17.8 Å². The molecule has 2 aromatic heterocycles. The average Bonchev–Trinajstić information content (AvgIpc) is 3.05. The Hall–Kier alpha value is -1.69. The van der Waals surface area contributed by atoms with Crippen LogP contribution in [0.5, 0.6) is 0 Å². The van der Waals surface area contributed by atoms with Crippen LogP contribution in [0.2, 0.25) is 0 Å². The minimum atomic E-state index is -0.288. The number of esters is 1. The van der Waals surface area contributed by atoms with E-state index in [1.54, 1.807) is 4.40 Å². The van der Waals surface area contributed by atoms with Crippen LogP contribution in [-0.4, -0.2) is 27.7 Å². The molecule has 0 saturated heterocycles. The normalized spacial score (nSPS) is 16.5. The van der Waals surface area contributed by atoms with Crippen LogP contribution >= 0.6 is 11.3 Å². The Labute approximate surface area is 146 Å². The number of thiazole rings is 1. The Morgan fingerprint density at radius 1 is 1.29 bits per heavy atom. The van der Waals surface area contributed by atoms with Crippen molar-refractivity contribution in [2.24, 2.45) is 0 Å². The number of aromatic nitrogens is 2. The Morgan fingerprint density at radius 3 is 2.54 bits per heavy atom. The number of ether oxygens (including phenoxy) is 1. The lowest BCUT2D eigenvalue weighted by molar-refractivity contribution is 0.0215. The first-order valence-corrected chi connectivity index (χ1v) is 9.33. The number of hydrogen-bond donors (Lipinski definition) is 0. The van der Waals surface area contributed by atoms with E-state index in [-0.39, 0.29) is 17.5 Å². The summed E-state index contributed by atoms with van der Waals surface area (Å²) in [5.41, 5.74) is 1.81. The lowest BCUT2D eigenvalue weighted by atomic mass is 9.91. The zero-order valence-electron chi connectivity index (χ0n) is 14.7. The third kappa shape index (κ3) is 2.99. The van der Waals surface area contributed by atoms with Gasteiger partial charge >= 0.3 is 5.97 Å². The van der Waals surface area contributed by atoms with Gasteiger partial charge in [0.05, 0.1) is 5.69 Å². The molecule has 0 unspecified atom stereocenters. The van der Waals surface area contributed by atoms with Crippen LogP contribution in [0.3, 0.4) is 0 Å². The zero-order valence-corrected chi connectivity index (χ0v) is 15.5. The minimum Gasteiger partial charge on any atom is -0.458 e. The van der Waals surface area contributed by atoms with Crippen molar-refractivity contribution in [3.05, 3.63) is 22.0 Å². The summed E-state index contributed by atoms with van der Waals surface area (Å²) in [7, 11) is 0. The third-order valence-electron chi connectivity index (χ3n) is 4.57. The van der Waals surface area contributed by atoms with Gasteiger partial charge in [-0.15, -0.1) is 0 Å². The predicted octanol–water partition coefficient (Wildman–Crippen LogP) is 4.30. The fourth-order valence-corrected chi connectivity index (χ4v) is 4.33. The molecule has 130 valence electrons. The number of aldehydes is 1. The van der Waals surface area contributed by atoms with Crippen LogP contribution in [0, 0.1) is 6.92 Å². The molecule has 0 amide bonds. The maximum absolute atomic E-state index is 12.5. The molecule has 0 spiro atoms. The smallest absolute Gasteiger partial charge is 0.350 e. The summed E-state index contributed by atoms with van der Waals surface area (Å²) in [5.74, 6) is -0.288.